The van der Waals surface area contributed by atoms with Gasteiger partial charge < -0.3 is 10.4 Å². The molecule has 214 valence electrons. The first-order chi connectivity index (χ1) is 20.7. The van der Waals surface area contributed by atoms with Crippen LogP contribution in [0.1, 0.15) is 24.3 Å². The fourth-order valence-corrected chi connectivity index (χ4v) is 7.37. The molecule has 0 radical (unpaired) electrons. The number of hydrogen-bond acceptors (Lipinski definition) is 6. The first-order valence-corrected chi connectivity index (χ1v) is 14.7. The zero-order valence-electron chi connectivity index (χ0n) is 22.6. The van der Waals surface area contributed by atoms with E-state index in [0.717, 1.165) is 17.4 Å². The molecule has 1 aliphatic heterocycles. The Morgan fingerprint density at radius 2 is 1.60 bits per heavy atom. The Hall–Kier alpha value is -4.63. The maximum atomic E-state index is 14.6. The van der Waals surface area contributed by atoms with Crippen molar-refractivity contribution in [3.8, 4) is 5.75 Å². The Kier molecular flexibility index (Phi) is 6.50. The van der Waals surface area contributed by atoms with Crippen LogP contribution in [0.4, 0.5) is 21.5 Å². The van der Waals surface area contributed by atoms with E-state index >= 15 is 0 Å². The quantitative estimate of drug-likeness (QED) is 0.199. The van der Waals surface area contributed by atoms with Gasteiger partial charge in [0.05, 0.1) is 22.0 Å². The van der Waals surface area contributed by atoms with Crippen molar-refractivity contribution in [2.24, 2.45) is 17.8 Å². The molecule has 3 aromatic rings. The zero-order chi connectivity index (χ0) is 30.0. The summed E-state index contributed by atoms with van der Waals surface area (Å²) < 4.78 is 14.7. The first kappa shape index (κ1) is 27.2. The van der Waals surface area contributed by atoms with Gasteiger partial charge in [-0.1, -0.05) is 35.9 Å². The number of ketones is 2. The van der Waals surface area contributed by atoms with Crippen LogP contribution in [0.5, 0.6) is 5.75 Å². The molecule has 4 unspecified atom stereocenters. The fourth-order valence-electron chi connectivity index (χ4n) is 6.93. The number of halogens is 2. The summed E-state index contributed by atoms with van der Waals surface area (Å²) in [6.45, 7) is 0. The minimum atomic E-state index is -0.856. The summed E-state index contributed by atoms with van der Waals surface area (Å²) in [7, 11) is 0. The SMILES string of the molecule is O=C1C=C(Br)C(=O)C2=C1C(c1ccc(O)c(F)c1)C1=CCC3C(=O)N(c4ccc(Nc5ccccc5)cc4)C(=O)C3C1C2. The molecule has 1 fully saturated rings. The van der Waals surface area contributed by atoms with Crippen molar-refractivity contribution in [3.63, 3.8) is 0 Å². The van der Waals surface area contributed by atoms with Gasteiger partial charge in [-0.3, -0.25) is 24.1 Å². The standard InChI is InChI=1S/C34H24BrFN2O5/c35-25-16-28(40)31-24(32(25)41)15-23-21(29(31)17-6-13-27(39)26(36)14-17)11-12-22-30(23)34(43)38(33(22)42)20-9-7-19(8-10-20)37-18-4-2-1-3-5-18/h1-11,13-14,16,22-23,29-30,37,39H,12,15H2. The van der Waals surface area contributed by atoms with Crippen molar-refractivity contribution in [3.05, 3.63) is 118 Å². The molecule has 4 atom stereocenters. The third-order valence-corrected chi connectivity index (χ3v) is 9.41. The van der Waals surface area contributed by atoms with E-state index < -0.39 is 35.2 Å². The maximum absolute atomic E-state index is 14.6. The molecule has 7 nitrogen and oxygen atoms in total. The lowest BCUT2D eigenvalue weighted by molar-refractivity contribution is -0.123. The van der Waals surface area contributed by atoms with Gasteiger partial charge in [0.2, 0.25) is 11.8 Å². The van der Waals surface area contributed by atoms with E-state index in [1.807, 2.05) is 36.4 Å². The van der Waals surface area contributed by atoms with Crippen molar-refractivity contribution in [2.75, 3.05) is 10.2 Å². The van der Waals surface area contributed by atoms with Crippen molar-refractivity contribution in [1.82, 2.24) is 0 Å². The molecule has 3 aliphatic carbocycles. The van der Waals surface area contributed by atoms with Gasteiger partial charge in [0.25, 0.3) is 0 Å². The molecular formula is C34H24BrFN2O5. The van der Waals surface area contributed by atoms with Crippen LogP contribution >= 0.6 is 15.9 Å². The molecule has 2 amide bonds. The highest BCUT2D eigenvalue weighted by Crippen LogP contribution is 2.55. The number of hydrogen-bond donors (Lipinski definition) is 2. The molecule has 2 N–H and O–H groups in total. The molecule has 43 heavy (non-hydrogen) atoms. The van der Waals surface area contributed by atoms with E-state index in [4.69, 9.17) is 0 Å². The number of Topliss-reactive ketones (excluding diaryl/α,β-unsaturated/α-hetero) is 1. The van der Waals surface area contributed by atoms with Crippen LogP contribution in [-0.2, 0) is 19.2 Å². The first-order valence-electron chi connectivity index (χ1n) is 13.9. The number of benzene rings is 3. The van der Waals surface area contributed by atoms with Crippen LogP contribution in [0.25, 0.3) is 0 Å². The number of phenolic OH excluding ortho intramolecular Hbond substituents is 1. The van der Waals surface area contributed by atoms with E-state index in [-0.39, 0.29) is 51.9 Å². The van der Waals surface area contributed by atoms with Gasteiger partial charge in [-0.15, -0.1) is 0 Å². The Balaban J connectivity index is 1.25. The van der Waals surface area contributed by atoms with Crippen LogP contribution in [0.3, 0.4) is 0 Å². The number of nitrogens with zero attached hydrogens (tertiary/aromatic N) is 1. The third kappa shape index (κ3) is 4.38. The van der Waals surface area contributed by atoms with Gasteiger partial charge in [-0.25, -0.2) is 4.39 Å². The lowest BCUT2D eigenvalue weighted by Crippen LogP contribution is -2.39. The number of aromatic hydroxyl groups is 1. The van der Waals surface area contributed by atoms with Gasteiger partial charge in [0, 0.05) is 34.5 Å². The normalized spacial score (nSPS) is 24.7. The van der Waals surface area contributed by atoms with Crippen LogP contribution in [0.2, 0.25) is 0 Å². The lowest BCUT2D eigenvalue weighted by Gasteiger charge is -2.42. The zero-order valence-corrected chi connectivity index (χ0v) is 24.2. The van der Waals surface area contributed by atoms with E-state index in [2.05, 4.69) is 21.2 Å². The number of para-hydroxylation sites is 1. The van der Waals surface area contributed by atoms with Crippen molar-refractivity contribution >= 4 is 56.4 Å². The van der Waals surface area contributed by atoms with Crippen LogP contribution < -0.4 is 10.2 Å². The topological polar surface area (TPSA) is 104 Å². The van der Waals surface area contributed by atoms with Crippen LogP contribution in [0.15, 0.2) is 106 Å². The van der Waals surface area contributed by atoms with Crippen molar-refractivity contribution < 1.29 is 28.7 Å². The second kappa shape index (κ2) is 10.3. The third-order valence-electron chi connectivity index (χ3n) is 8.82. The summed E-state index contributed by atoms with van der Waals surface area (Å²) in [5, 5.41) is 13.1. The molecule has 7 rings (SSSR count). The molecule has 9 heteroatoms. The van der Waals surface area contributed by atoms with Crippen LogP contribution in [0, 0.1) is 23.6 Å². The Labute approximate surface area is 254 Å². The molecule has 1 saturated heterocycles. The van der Waals surface area contributed by atoms with Crippen molar-refractivity contribution in [2.45, 2.75) is 18.8 Å². The molecule has 1 heterocycles. The van der Waals surface area contributed by atoms with Gasteiger partial charge >= 0.3 is 0 Å². The number of nitrogens with one attached hydrogen (secondary N) is 1. The number of rotatable bonds is 4. The highest BCUT2D eigenvalue weighted by atomic mass is 79.9. The monoisotopic (exact) mass is 638 g/mol. The van der Waals surface area contributed by atoms with E-state index in [1.54, 1.807) is 24.3 Å². The van der Waals surface area contributed by atoms with E-state index in [9.17, 15) is 28.7 Å². The number of amides is 2. The summed E-state index contributed by atoms with van der Waals surface area (Å²) in [6, 6.07) is 20.6. The number of allylic oxidation sites excluding steroid dienone is 6. The average molecular weight is 639 g/mol. The molecule has 0 spiro atoms. The minimum absolute atomic E-state index is 0.111. The molecule has 0 bridgehead atoms. The number of carbonyl (C=O) groups excluding carboxylic acids is 4. The summed E-state index contributed by atoms with van der Waals surface area (Å²) in [4.78, 5) is 55.7. The summed E-state index contributed by atoms with van der Waals surface area (Å²) in [5.74, 6) is -5.52. The van der Waals surface area contributed by atoms with Gasteiger partial charge in [0.15, 0.2) is 23.1 Å². The number of anilines is 3. The summed E-state index contributed by atoms with van der Waals surface area (Å²) >= 11 is 3.20. The van der Waals surface area contributed by atoms with Gasteiger partial charge in [-0.05, 0) is 88.8 Å². The highest BCUT2D eigenvalue weighted by molar-refractivity contribution is 9.12. The Morgan fingerprint density at radius 3 is 2.33 bits per heavy atom. The number of phenols is 1. The Bertz CT molecular complexity index is 1830. The van der Waals surface area contributed by atoms with Crippen LogP contribution in [-0.4, -0.2) is 28.5 Å². The summed E-state index contributed by atoms with van der Waals surface area (Å²) in [6.07, 6.45) is 3.48. The molecule has 3 aromatic carbocycles. The largest absolute Gasteiger partial charge is 0.505 e. The number of imide groups is 1. The van der Waals surface area contributed by atoms with E-state index in [0.29, 0.717) is 16.8 Å². The molecular weight excluding hydrogens is 615 g/mol. The second-order valence-corrected chi connectivity index (χ2v) is 12.0. The summed E-state index contributed by atoms with van der Waals surface area (Å²) in [5.41, 5.74) is 3.75. The molecule has 0 aromatic heterocycles. The number of fused-ring (bicyclic) bond motifs is 3. The molecule has 0 saturated carbocycles. The van der Waals surface area contributed by atoms with Crippen molar-refractivity contribution in [1.29, 1.82) is 0 Å². The van der Waals surface area contributed by atoms with Gasteiger partial charge in [-0.2, -0.15) is 0 Å². The average Bonchev–Trinajstić information content (AvgIpc) is 3.26. The minimum Gasteiger partial charge on any atom is -0.505 e. The predicted octanol–water partition coefficient (Wildman–Crippen LogP) is 6.24. The number of carbonyl (C=O) groups is 4. The van der Waals surface area contributed by atoms with Gasteiger partial charge in [0.1, 0.15) is 0 Å². The molecule has 4 aliphatic rings. The Morgan fingerprint density at radius 1 is 0.884 bits per heavy atom. The highest BCUT2D eigenvalue weighted by Gasteiger charge is 2.56. The smallest absolute Gasteiger partial charge is 0.238 e. The second-order valence-electron chi connectivity index (χ2n) is 11.2. The fraction of sp³-hybridized carbons (Fsp3) is 0.176. The predicted molar refractivity (Wildman–Crippen MR) is 161 cm³/mol. The maximum Gasteiger partial charge on any atom is 0.238 e. The lowest BCUT2D eigenvalue weighted by atomic mass is 9.59. The van der Waals surface area contributed by atoms with E-state index in [1.165, 1.54) is 23.1 Å².